The summed E-state index contributed by atoms with van der Waals surface area (Å²) in [7, 11) is 2.84. The van der Waals surface area contributed by atoms with E-state index >= 15 is 0 Å². The minimum atomic E-state index is -0.701. The SMILES string of the molecule is COc1cc(C(C)C(C)OC(=O)c2ccnc(-c3ccccn3)n2)c([N+](=O)[O-])cc1OC. The second kappa shape index (κ2) is 9.82. The molecule has 0 spiro atoms. The van der Waals surface area contributed by atoms with Crippen molar-refractivity contribution in [1.82, 2.24) is 15.0 Å². The first-order valence-electron chi connectivity index (χ1n) is 9.71. The molecule has 2 atom stereocenters. The maximum absolute atomic E-state index is 12.7. The molecule has 0 saturated heterocycles. The van der Waals surface area contributed by atoms with Crippen LogP contribution in [0.15, 0.2) is 48.8 Å². The number of benzene rings is 1. The van der Waals surface area contributed by atoms with Crippen LogP contribution in [0.3, 0.4) is 0 Å². The summed E-state index contributed by atoms with van der Waals surface area (Å²) in [5.41, 5.74) is 0.772. The molecule has 10 heteroatoms. The maximum Gasteiger partial charge on any atom is 0.357 e. The lowest BCUT2D eigenvalue weighted by atomic mass is 9.94. The summed E-state index contributed by atoms with van der Waals surface area (Å²) >= 11 is 0. The maximum atomic E-state index is 12.7. The number of pyridine rings is 1. The number of nitro groups is 1. The number of hydrogen-bond acceptors (Lipinski definition) is 9. The van der Waals surface area contributed by atoms with Gasteiger partial charge in [0.1, 0.15) is 11.8 Å². The summed E-state index contributed by atoms with van der Waals surface area (Å²) in [6.07, 6.45) is 2.34. The monoisotopic (exact) mass is 438 g/mol. The summed E-state index contributed by atoms with van der Waals surface area (Å²) in [5, 5.41) is 11.6. The van der Waals surface area contributed by atoms with Crippen LogP contribution < -0.4 is 9.47 Å². The van der Waals surface area contributed by atoms with Crippen LogP contribution in [-0.2, 0) is 4.74 Å². The number of ether oxygens (including phenoxy) is 3. The summed E-state index contributed by atoms with van der Waals surface area (Å²) in [6, 6.07) is 9.53. The highest BCUT2D eigenvalue weighted by Crippen LogP contribution is 2.39. The van der Waals surface area contributed by atoms with Gasteiger partial charge in [-0.25, -0.2) is 14.8 Å². The van der Waals surface area contributed by atoms with Crippen molar-refractivity contribution in [2.45, 2.75) is 25.9 Å². The van der Waals surface area contributed by atoms with Gasteiger partial charge in [-0.15, -0.1) is 0 Å². The molecular weight excluding hydrogens is 416 g/mol. The third-order valence-corrected chi connectivity index (χ3v) is 4.98. The zero-order valence-corrected chi connectivity index (χ0v) is 18.0. The molecule has 3 aromatic rings. The fourth-order valence-electron chi connectivity index (χ4n) is 3.08. The van der Waals surface area contributed by atoms with Gasteiger partial charge in [-0.2, -0.15) is 0 Å². The van der Waals surface area contributed by atoms with Crippen LogP contribution in [0.1, 0.15) is 35.8 Å². The summed E-state index contributed by atoms with van der Waals surface area (Å²) < 4.78 is 16.0. The van der Waals surface area contributed by atoms with Crippen molar-refractivity contribution in [2.24, 2.45) is 0 Å². The molecule has 2 aromatic heterocycles. The fourth-order valence-corrected chi connectivity index (χ4v) is 3.08. The van der Waals surface area contributed by atoms with E-state index in [9.17, 15) is 14.9 Å². The highest BCUT2D eigenvalue weighted by molar-refractivity contribution is 5.87. The number of esters is 1. The van der Waals surface area contributed by atoms with Crippen molar-refractivity contribution in [3.8, 4) is 23.0 Å². The Morgan fingerprint density at radius 1 is 1.03 bits per heavy atom. The van der Waals surface area contributed by atoms with E-state index in [2.05, 4.69) is 15.0 Å². The van der Waals surface area contributed by atoms with E-state index < -0.39 is 22.9 Å². The molecule has 0 fully saturated rings. The van der Waals surface area contributed by atoms with Crippen LogP contribution >= 0.6 is 0 Å². The molecule has 0 aliphatic carbocycles. The molecule has 166 valence electrons. The molecule has 32 heavy (non-hydrogen) atoms. The van der Waals surface area contributed by atoms with E-state index in [1.807, 2.05) is 0 Å². The second-order valence-corrected chi connectivity index (χ2v) is 6.90. The topological polar surface area (TPSA) is 127 Å². The lowest BCUT2D eigenvalue weighted by molar-refractivity contribution is -0.385. The van der Waals surface area contributed by atoms with Gasteiger partial charge in [0, 0.05) is 23.9 Å². The second-order valence-electron chi connectivity index (χ2n) is 6.90. The Bertz CT molecular complexity index is 1120. The molecule has 0 radical (unpaired) electrons. The molecule has 3 rings (SSSR count). The molecular formula is C22H22N4O6. The van der Waals surface area contributed by atoms with E-state index in [1.165, 1.54) is 38.6 Å². The highest BCUT2D eigenvalue weighted by atomic mass is 16.6. The number of hydrogen-bond donors (Lipinski definition) is 0. The predicted molar refractivity (Wildman–Crippen MR) is 115 cm³/mol. The zero-order chi connectivity index (χ0) is 23.3. The smallest absolute Gasteiger partial charge is 0.357 e. The highest BCUT2D eigenvalue weighted by Gasteiger charge is 2.29. The molecule has 2 heterocycles. The first-order valence-corrected chi connectivity index (χ1v) is 9.71. The van der Waals surface area contributed by atoms with Gasteiger partial charge < -0.3 is 14.2 Å². The Morgan fingerprint density at radius 3 is 2.38 bits per heavy atom. The predicted octanol–water partition coefficient (Wildman–Crippen LogP) is 3.81. The van der Waals surface area contributed by atoms with Gasteiger partial charge in [-0.1, -0.05) is 13.0 Å². The number of rotatable bonds is 8. The van der Waals surface area contributed by atoms with Gasteiger partial charge in [0.2, 0.25) is 0 Å². The van der Waals surface area contributed by atoms with Crippen molar-refractivity contribution in [1.29, 1.82) is 0 Å². The third-order valence-electron chi connectivity index (χ3n) is 4.98. The average molecular weight is 438 g/mol. The van der Waals surface area contributed by atoms with Gasteiger partial charge >= 0.3 is 5.97 Å². The molecule has 2 unspecified atom stereocenters. The van der Waals surface area contributed by atoms with E-state index in [0.717, 1.165) is 0 Å². The minimum Gasteiger partial charge on any atom is -0.493 e. The van der Waals surface area contributed by atoms with Crippen LogP contribution in [0.2, 0.25) is 0 Å². The summed E-state index contributed by atoms with van der Waals surface area (Å²) in [6.45, 7) is 3.38. The Morgan fingerprint density at radius 2 is 1.75 bits per heavy atom. The first kappa shape index (κ1) is 22.6. The van der Waals surface area contributed by atoms with Gasteiger partial charge in [0.05, 0.1) is 25.2 Å². The first-order chi connectivity index (χ1) is 15.3. The Hall–Kier alpha value is -4.08. The molecule has 0 amide bonds. The van der Waals surface area contributed by atoms with Gasteiger partial charge in [0.25, 0.3) is 5.69 Å². The number of carbonyl (C=O) groups excluding carboxylic acids is 1. The number of methoxy groups -OCH3 is 2. The lowest BCUT2D eigenvalue weighted by Crippen LogP contribution is -2.22. The zero-order valence-electron chi connectivity index (χ0n) is 18.0. The van der Waals surface area contributed by atoms with Gasteiger partial charge in [-0.3, -0.25) is 15.1 Å². The van der Waals surface area contributed by atoms with Crippen molar-refractivity contribution in [3.05, 3.63) is 70.2 Å². The van der Waals surface area contributed by atoms with Crippen molar-refractivity contribution >= 4 is 11.7 Å². The Labute approximate surface area is 184 Å². The normalized spacial score (nSPS) is 12.5. The van der Waals surface area contributed by atoms with E-state index in [-0.39, 0.29) is 23.0 Å². The number of aromatic nitrogens is 3. The van der Waals surface area contributed by atoms with Crippen LogP contribution in [0.4, 0.5) is 5.69 Å². The molecule has 0 aliphatic heterocycles. The van der Waals surface area contributed by atoms with E-state index in [4.69, 9.17) is 14.2 Å². The van der Waals surface area contributed by atoms with Crippen LogP contribution in [0.5, 0.6) is 11.5 Å². The molecule has 0 N–H and O–H groups in total. The number of nitrogens with zero attached hydrogens (tertiary/aromatic N) is 4. The van der Waals surface area contributed by atoms with Crippen LogP contribution in [0.25, 0.3) is 11.5 Å². The quantitative estimate of drug-likeness (QED) is 0.293. The van der Waals surface area contributed by atoms with Gasteiger partial charge in [-0.05, 0) is 31.2 Å². The molecule has 10 nitrogen and oxygen atoms in total. The summed E-state index contributed by atoms with van der Waals surface area (Å²) in [5.74, 6) is -0.322. The lowest BCUT2D eigenvalue weighted by Gasteiger charge is -2.21. The Kier molecular flexibility index (Phi) is 6.93. The van der Waals surface area contributed by atoms with Crippen molar-refractivity contribution in [3.63, 3.8) is 0 Å². The van der Waals surface area contributed by atoms with Gasteiger partial charge in [0.15, 0.2) is 23.0 Å². The van der Waals surface area contributed by atoms with Crippen LogP contribution in [-0.4, -0.2) is 46.2 Å². The number of nitro benzene ring substituents is 1. The van der Waals surface area contributed by atoms with E-state index in [1.54, 1.807) is 38.2 Å². The van der Waals surface area contributed by atoms with Crippen molar-refractivity contribution in [2.75, 3.05) is 14.2 Å². The molecule has 0 bridgehead atoms. The molecule has 0 saturated carbocycles. The standard InChI is InChI=1S/C22H22N4O6/c1-13(15-11-19(30-3)20(31-4)12-18(15)26(28)29)14(2)32-22(27)17-8-10-24-21(25-17)16-7-5-6-9-23-16/h5-14H,1-4H3. The van der Waals surface area contributed by atoms with Crippen LogP contribution in [0, 0.1) is 10.1 Å². The number of carbonyl (C=O) groups is 1. The minimum absolute atomic E-state index is 0.0570. The fraction of sp³-hybridized carbons (Fsp3) is 0.273. The summed E-state index contributed by atoms with van der Waals surface area (Å²) in [4.78, 5) is 36.3. The van der Waals surface area contributed by atoms with Crippen molar-refractivity contribution < 1.29 is 23.9 Å². The van der Waals surface area contributed by atoms with E-state index in [0.29, 0.717) is 17.0 Å². The molecule has 1 aromatic carbocycles. The Balaban J connectivity index is 1.84. The molecule has 0 aliphatic rings. The third kappa shape index (κ3) is 4.80. The average Bonchev–Trinajstić information content (AvgIpc) is 2.83. The largest absolute Gasteiger partial charge is 0.493 e.